The van der Waals surface area contributed by atoms with Gasteiger partial charge in [0.2, 0.25) is 10.0 Å². The second-order valence-corrected chi connectivity index (χ2v) is 8.62. The molecular weight excluding hydrogens is 378 g/mol. The molecular formula is C20H25N3O4S. The van der Waals surface area contributed by atoms with E-state index in [0.29, 0.717) is 24.3 Å². The van der Waals surface area contributed by atoms with Crippen molar-refractivity contribution in [2.24, 2.45) is 0 Å². The number of rotatable bonds is 6. The number of carbonyl (C=O) groups excluding carboxylic acids is 1. The Hall–Kier alpha value is -2.58. The summed E-state index contributed by atoms with van der Waals surface area (Å²) in [6, 6.07) is 14.6. The van der Waals surface area contributed by atoms with Crippen LogP contribution in [0.3, 0.4) is 0 Å². The number of hydrogen-bond acceptors (Lipinski definition) is 5. The summed E-state index contributed by atoms with van der Waals surface area (Å²) in [4.78, 5) is 16.9. The molecule has 0 saturated carbocycles. The van der Waals surface area contributed by atoms with Crippen LogP contribution < -0.4 is 9.46 Å². The number of sulfonamides is 1. The Kier molecular flexibility index (Phi) is 6.21. The number of ether oxygens (including phenoxy) is 1. The molecule has 0 unspecified atom stereocenters. The predicted molar refractivity (Wildman–Crippen MR) is 109 cm³/mol. The molecule has 3 rings (SSSR count). The maximum absolute atomic E-state index is 12.8. The van der Waals surface area contributed by atoms with E-state index >= 15 is 0 Å². The Morgan fingerprint density at radius 2 is 1.75 bits per heavy atom. The molecule has 0 aliphatic carbocycles. The van der Waals surface area contributed by atoms with Crippen LogP contribution in [0.5, 0.6) is 5.75 Å². The number of hydrogen-bond donors (Lipinski definition) is 1. The third-order valence-electron chi connectivity index (χ3n) is 4.64. The van der Waals surface area contributed by atoms with E-state index in [0.717, 1.165) is 31.6 Å². The van der Waals surface area contributed by atoms with Gasteiger partial charge in [0.05, 0.1) is 13.4 Å². The summed E-state index contributed by atoms with van der Waals surface area (Å²) in [6.07, 6.45) is 1.09. The van der Waals surface area contributed by atoms with E-state index in [2.05, 4.69) is 21.8 Å². The number of nitrogens with one attached hydrogen (secondary N) is 1. The van der Waals surface area contributed by atoms with Crippen LogP contribution in [-0.4, -0.2) is 63.7 Å². The molecule has 0 atom stereocenters. The van der Waals surface area contributed by atoms with Crippen LogP contribution in [0.2, 0.25) is 0 Å². The van der Waals surface area contributed by atoms with Crippen molar-refractivity contribution < 1.29 is 17.9 Å². The van der Waals surface area contributed by atoms with Gasteiger partial charge in [-0.25, -0.2) is 8.42 Å². The first-order valence-electron chi connectivity index (χ1n) is 9.06. The minimum Gasteiger partial charge on any atom is -0.497 e. The number of nitrogens with zero attached hydrogens (tertiary/aromatic N) is 2. The zero-order chi connectivity index (χ0) is 20.1. The first kappa shape index (κ1) is 20.2. The summed E-state index contributed by atoms with van der Waals surface area (Å²) in [5.41, 5.74) is 2.09. The minimum absolute atomic E-state index is 0.0822. The summed E-state index contributed by atoms with van der Waals surface area (Å²) in [5, 5.41) is 0. The fraction of sp³-hybridized carbons (Fsp3) is 0.350. The number of anilines is 1. The average molecular weight is 404 g/mol. The lowest BCUT2D eigenvalue weighted by atomic mass is 10.1. The lowest BCUT2D eigenvalue weighted by Gasteiger charge is -2.34. The molecule has 1 amide bonds. The van der Waals surface area contributed by atoms with Gasteiger partial charge in [0.25, 0.3) is 5.91 Å². The van der Waals surface area contributed by atoms with Crippen molar-refractivity contribution in [2.75, 3.05) is 44.3 Å². The number of piperazine rings is 1. The van der Waals surface area contributed by atoms with Crippen molar-refractivity contribution in [3.63, 3.8) is 0 Å². The molecule has 150 valence electrons. The lowest BCUT2D eigenvalue weighted by Crippen LogP contribution is -2.48. The van der Waals surface area contributed by atoms with Gasteiger partial charge in [-0.3, -0.25) is 14.4 Å². The van der Waals surface area contributed by atoms with Crippen molar-refractivity contribution in [3.05, 3.63) is 59.7 Å². The second kappa shape index (κ2) is 8.62. The van der Waals surface area contributed by atoms with E-state index in [1.54, 1.807) is 31.4 Å². The third-order valence-corrected chi connectivity index (χ3v) is 5.24. The Balaban J connectivity index is 1.57. The lowest BCUT2D eigenvalue weighted by molar-refractivity contribution is 0.0628. The molecule has 1 N–H and O–H groups in total. The van der Waals surface area contributed by atoms with Crippen LogP contribution in [0, 0.1) is 0 Å². The highest BCUT2D eigenvalue weighted by Crippen LogP contribution is 2.17. The molecule has 7 nitrogen and oxygen atoms in total. The SMILES string of the molecule is COc1ccc(CN2CCN(C(=O)c3cccc(NS(C)(=O)=O)c3)CC2)cc1. The van der Waals surface area contributed by atoms with Crippen LogP contribution in [0.4, 0.5) is 5.69 Å². The molecule has 28 heavy (non-hydrogen) atoms. The fourth-order valence-corrected chi connectivity index (χ4v) is 3.77. The summed E-state index contributed by atoms with van der Waals surface area (Å²) < 4.78 is 30.4. The number of methoxy groups -OCH3 is 1. The summed E-state index contributed by atoms with van der Waals surface area (Å²) in [7, 11) is -1.72. The molecule has 8 heteroatoms. The van der Waals surface area contributed by atoms with Gasteiger partial charge in [-0.1, -0.05) is 18.2 Å². The first-order valence-corrected chi connectivity index (χ1v) is 11.0. The quantitative estimate of drug-likeness (QED) is 0.798. The van der Waals surface area contributed by atoms with Crippen molar-refractivity contribution in [2.45, 2.75) is 6.54 Å². The van der Waals surface area contributed by atoms with Gasteiger partial charge in [-0.15, -0.1) is 0 Å². The monoisotopic (exact) mass is 403 g/mol. The normalized spacial score (nSPS) is 15.3. The van der Waals surface area contributed by atoms with E-state index in [-0.39, 0.29) is 5.91 Å². The van der Waals surface area contributed by atoms with Gasteiger partial charge in [-0.2, -0.15) is 0 Å². The van der Waals surface area contributed by atoms with Crippen LogP contribution in [0.25, 0.3) is 0 Å². The summed E-state index contributed by atoms with van der Waals surface area (Å²) in [6.45, 7) is 3.69. The van der Waals surface area contributed by atoms with Crippen LogP contribution in [0.15, 0.2) is 48.5 Å². The second-order valence-electron chi connectivity index (χ2n) is 6.87. The maximum atomic E-state index is 12.8. The molecule has 1 aliphatic rings. The zero-order valence-electron chi connectivity index (χ0n) is 16.1. The van der Waals surface area contributed by atoms with Gasteiger partial charge in [0.1, 0.15) is 5.75 Å². The zero-order valence-corrected chi connectivity index (χ0v) is 16.9. The molecule has 0 bridgehead atoms. The molecule has 0 spiro atoms. The molecule has 1 heterocycles. The molecule has 1 saturated heterocycles. The maximum Gasteiger partial charge on any atom is 0.254 e. The highest BCUT2D eigenvalue weighted by Gasteiger charge is 2.22. The van der Waals surface area contributed by atoms with Crippen LogP contribution >= 0.6 is 0 Å². The molecule has 0 aromatic heterocycles. The fourth-order valence-electron chi connectivity index (χ4n) is 3.21. The van der Waals surface area contributed by atoms with Crippen molar-refractivity contribution in [3.8, 4) is 5.75 Å². The van der Waals surface area contributed by atoms with E-state index in [9.17, 15) is 13.2 Å². The highest BCUT2D eigenvalue weighted by atomic mass is 32.2. The van der Waals surface area contributed by atoms with Gasteiger partial charge >= 0.3 is 0 Å². The predicted octanol–water partition coefficient (Wildman–Crippen LogP) is 2.02. The third kappa shape index (κ3) is 5.46. The van der Waals surface area contributed by atoms with E-state index in [1.807, 2.05) is 17.0 Å². The van der Waals surface area contributed by atoms with E-state index < -0.39 is 10.0 Å². The van der Waals surface area contributed by atoms with Crippen LogP contribution in [0.1, 0.15) is 15.9 Å². The van der Waals surface area contributed by atoms with Crippen molar-refractivity contribution >= 4 is 21.6 Å². The number of amides is 1. The first-order chi connectivity index (χ1) is 13.3. The number of carbonyl (C=O) groups is 1. The summed E-state index contributed by atoms with van der Waals surface area (Å²) >= 11 is 0. The molecule has 2 aromatic carbocycles. The van der Waals surface area contributed by atoms with E-state index in [4.69, 9.17) is 4.74 Å². The van der Waals surface area contributed by atoms with Gasteiger partial charge < -0.3 is 9.64 Å². The standard InChI is InChI=1S/C20H25N3O4S/c1-27-19-8-6-16(7-9-19)15-22-10-12-23(13-11-22)20(24)17-4-3-5-18(14-17)21-28(2,25)26/h3-9,14,21H,10-13,15H2,1-2H3. The Morgan fingerprint density at radius 1 is 1.07 bits per heavy atom. The van der Waals surface area contributed by atoms with Crippen molar-refractivity contribution in [1.29, 1.82) is 0 Å². The molecule has 1 fully saturated rings. The largest absolute Gasteiger partial charge is 0.497 e. The van der Waals surface area contributed by atoms with Crippen LogP contribution in [-0.2, 0) is 16.6 Å². The molecule has 1 aliphatic heterocycles. The average Bonchev–Trinajstić information content (AvgIpc) is 2.67. The Bertz CT molecular complexity index is 921. The van der Waals surface area contributed by atoms with Gasteiger partial charge in [0.15, 0.2) is 0 Å². The Labute approximate surface area is 166 Å². The molecule has 2 aromatic rings. The topological polar surface area (TPSA) is 79.0 Å². The highest BCUT2D eigenvalue weighted by molar-refractivity contribution is 7.92. The summed E-state index contributed by atoms with van der Waals surface area (Å²) in [5.74, 6) is 0.757. The Morgan fingerprint density at radius 3 is 2.36 bits per heavy atom. The van der Waals surface area contributed by atoms with Crippen molar-refractivity contribution in [1.82, 2.24) is 9.80 Å². The van der Waals surface area contributed by atoms with Gasteiger partial charge in [0, 0.05) is 44.0 Å². The van der Waals surface area contributed by atoms with E-state index in [1.165, 1.54) is 5.56 Å². The smallest absolute Gasteiger partial charge is 0.254 e. The minimum atomic E-state index is -3.38. The molecule has 0 radical (unpaired) electrons. The number of benzene rings is 2. The van der Waals surface area contributed by atoms with Gasteiger partial charge in [-0.05, 0) is 35.9 Å².